The molecule has 1 atom stereocenters. The Hall–Kier alpha value is -0.620. The first kappa shape index (κ1) is 11.5. The number of carbonyl (C=O) groups is 1. The summed E-state index contributed by atoms with van der Waals surface area (Å²) in [6, 6.07) is 0.127. The van der Waals surface area contributed by atoms with E-state index < -0.39 is 15.8 Å². The minimum absolute atomic E-state index is 0.0516. The predicted molar refractivity (Wildman–Crippen MR) is 48.1 cm³/mol. The molecule has 1 rings (SSSR count). The van der Waals surface area contributed by atoms with Crippen molar-refractivity contribution in [2.24, 2.45) is 0 Å². The zero-order chi connectivity index (χ0) is 10.6. The van der Waals surface area contributed by atoms with Crippen molar-refractivity contribution in [2.75, 3.05) is 18.1 Å². The summed E-state index contributed by atoms with van der Waals surface area (Å²) >= 11 is 0. The Morgan fingerprint density at radius 2 is 2.21 bits per heavy atom. The summed E-state index contributed by atoms with van der Waals surface area (Å²) in [4.78, 5) is 10.1. The van der Waals surface area contributed by atoms with Gasteiger partial charge in [0.15, 0.2) is 9.84 Å². The van der Waals surface area contributed by atoms with Crippen LogP contribution in [0.4, 0.5) is 0 Å². The van der Waals surface area contributed by atoms with Crippen LogP contribution in [0.15, 0.2) is 0 Å². The molecule has 0 spiro atoms. The smallest absolute Gasteiger partial charge is 0.156 e. The molecule has 1 aliphatic heterocycles. The van der Waals surface area contributed by atoms with Crippen molar-refractivity contribution in [1.29, 1.82) is 0 Å². The van der Waals surface area contributed by atoms with E-state index in [0.29, 0.717) is 19.4 Å². The third-order valence-electron chi connectivity index (χ3n) is 2.35. The fraction of sp³-hybridized carbons (Fsp3) is 0.875. The Bertz CT molecular complexity index is 298. The van der Waals surface area contributed by atoms with Gasteiger partial charge in [0.05, 0.1) is 12.3 Å². The second kappa shape index (κ2) is 4.75. The molecule has 0 amide bonds. The Kier molecular flexibility index (Phi) is 3.88. The maximum atomic E-state index is 11.1. The van der Waals surface area contributed by atoms with Crippen molar-refractivity contribution in [3.8, 4) is 0 Å². The average molecular weight is 221 g/mol. The van der Waals surface area contributed by atoms with Crippen molar-refractivity contribution >= 4 is 15.8 Å². The molecule has 1 saturated heterocycles. The number of carboxylic acids is 1. The maximum Gasteiger partial charge on any atom is 0.156 e. The van der Waals surface area contributed by atoms with Gasteiger partial charge in [0, 0.05) is 18.8 Å². The molecule has 2 N–H and O–H groups in total. The van der Waals surface area contributed by atoms with Gasteiger partial charge in [0.25, 0.3) is 0 Å². The molecule has 0 bridgehead atoms. The summed E-state index contributed by atoms with van der Waals surface area (Å²) < 4.78 is 22.1. The zero-order valence-corrected chi connectivity index (χ0v) is 8.76. The second-order valence-electron chi connectivity index (χ2n) is 3.66. The van der Waals surface area contributed by atoms with E-state index in [9.17, 15) is 18.3 Å². The molecule has 0 unspecified atom stereocenters. The van der Waals surface area contributed by atoms with E-state index in [4.69, 9.17) is 0 Å². The van der Waals surface area contributed by atoms with Crippen LogP contribution in [0.5, 0.6) is 0 Å². The third kappa shape index (κ3) is 4.06. The molecule has 1 fully saturated rings. The minimum Gasteiger partial charge on any atom is -0.550 e. The van der Waals surface area contributed by atoms with Crippen molar-refractivity contribution in [1.82, 2.24) is 0 Å². The van der Waals surface area contributed by atoms with E-state index in [1.54, 1.807) is 0 Å². The summed E-state index contributed by atoms with van der Waals surface area (Å²) in [7, 11) is -2.81. The Balaban J connectivity index is 2.12. The lowest BCUT2D eigenvalue weighted by atomic mass is 10.2. The predicted octanol–water partition coefficient (Wildman–Crippen LogP) is -2.73. The molecular formula is C8H15NO4S. The van der Waals surface area contributed by atoms with Crippen molar-refractivity contribution in [2.45, 2.75) is 25.3 Å². The van der Waals surface area contributed by atoms with Crippen LogP contribution in [0.2, 0.25) is 0 Å². The highest BCUT2D eigenvalue weighted by molar-refractivity contribution is 7.91. The summed E-state index contributed by atoms with van der Waals surface area (Å²) in [5.41, 5.74) is 0. The number of aliphatic carboxylic acids is 1. The fourth-order valence-corrected chi connectivity index (χ4v) is 3.39. The van der Waals surface area contributed by atoms with Crippen LogP contribution in [0.3, 0.4) is 0 Å². The molecule has 0 saturated carbocycles. The van der Waals surface area contributed by atoms with E-state index in [1.165, 1.54) is 0 Å². The van der Waals surface area contributed by atoms with Gasteiger partial charge < -0.3 is 15.2 Å². The van der Waals surface area contributed by atoms with Gasteiger partial charge in [-0.15, -0.1) is 0 Å². The summed E-state index contributed by atoms with van der Waals surface area (Å²) in [6.07, 6.45) is 1.28. The number of sulfone groups is 1. The lowest BCUT2D eigenvalue weighted by molar-refractivity contribution is -0.684. The van der Waals surface area contributed by atoms with Gasteiger partial charge in [-0.3, -0.25) is 0 Å². The first-order chi connectivity index (χ1) is 6.49. The lowest BCUT2D eigenvalue weighted by Crippen LogP contribution is -2.90. The standard InChI is InChI=1S/C8H15NO4S/c10-8(11)2-1-4-9-7-3-5-14(12,13)6-7/h7,9H,1-6H2,(H,10,11)/t7-/m0/s1. The number of rotatable bonds is 5. The highest BCUT2D eigenvalue weighted by Crippen LogP contribution is 2.07. The van der Waals surface area contributed by atoms with Crippen LogP contribution in [-0.4, -0.2) is 38.5 Å². The van der Waals surface area contributed by atoms with Crippen molar-refractivity contribution in [3.05, 3.63) is 0 Å². The first-order valence-corrected chi connectivity index (χ1v) is 6.55. The Labute approximate surface area is 83.4 Å². The first-order valence-electron chi connectivity index (χ1n) is 4.73. The Morgan fingerprint density at radius 1 is 1.50 bits per heavy atom. The quantitative estimate of drug-likeness (QED) is 0.510. The fourth-order valence-electron chi connectivity index (χ4n) is 1.61. The zero-order valence-electron chi connectivity index (χ0n) is 7.94. The van der Waals surface area contributed by atoms with Gasteiger partial charge in [-0.1, -0.05) is 0 Å². The topological polar surface area (TPSA) is 90.9 Å². The molecule has 0 aromatic rings. The van der Waals surface area contributed by atoms with Crippen LogP contribution >= 0.6 is 0 Å². The molecule has 1 aliphatic rings. The normalized spacial score (nSPS) is 25.0. The van der Waals surface area contributed by atoms with E-state index in [0.717, 1.165) is 0 Å². The lowest BCUT2D eigenvalue weighted by Gasteiger charge is -2.07. The van der Waals surface area contributed by atoms with E-state index in [-0.39, 0.29) is 24.0 Å². The molecule has 5 nitrogen and oxygen atoms in total. The number of carboxylic acid groups (broad SMARTS) is 1. The average Bonchev–Trinajstić information content (AvgIpc) is 2.39. The number of nitrogens with two attached hydrogens (primary N) is 1. The van der Waals surface area contributed by atoms with Crippen LogP contribution in [0.1, 0.15) is 19.3 Å². The van der Waals surface area contributed by atoms with Gasteiger partial charge in [0.2, 0.25) is 0 Å². The molecule has 0 aromatic carbocycles. The van der Waals surface area contributed by atoms with Crippen LogP contribution in [-0.2, 0) is 14.6 Å². The van der Waals surface area contributed by atoms with Crippen molar-refractivity contribution < 1.29 is 23.6 Å². The monoisotopic (exact) mass is 221 g/mol. The van der Waals surface area contributed by atoms with Gasteiger partial charge in [0.1, 0.15) is 11.8 Å². The van der Waals surface area contributed by atoms with Crippen molar-refractivity contribution in [3.63, 3.8) is 0 Å². The van der Waals surface area contributed by atoms with Gasteiger partial charge in [-0.25, -0.2) is 8.42 Å². The molecule has 14 heavy (non-hydrogen) atoms. The number of hydrogen-bond acceptors (Lipinski definition) is 4. The van der Waals surface area contributed by atoms with Crippen LogP contribution < -0.4 is 10.4 Å². The van der Waals surface area contributed by atoms with Gasteiger partial charge >= 0.3 is 0 Å². The maximum absolute atomic E-state index is 11.1. The van der Waals surface area contributed by atoms with Crippen LogP contribution in [0, 0.1) is 0 Å². The molecular weight excluding hydrogens is 206 g/mol. The highest BCUT2D eigenvalue weighted by atomic mass is 32.2. The van der Waals surface area contributed by atoms with E-state index in [2.05, 4.69) is 0 Å². The van der Waals surface area contributed by atoms with Gasteiger partial charge in [-0.05, 0) is 6.42 Å². The Morgan fingerprint density at radius 3 is 2.71 bits per heavy atom. The molecule has 1 heterocycles. The second-order valence-corrected chi connectivity index (χ2v) is 5.89. The molecule has 0 aromatic heterocycles. The summed E-state index contributed by atoms with van der Waals surface area (Å²) in [6.45, 7) is 0.661. The summed E-state index contributed by atoms with van der Waals surface area (Å²) in [5.74, 6) is -0.537. The molecule has 6 heteroatoms. The molecule has 0 aliphatic carbocycles. The number of carbonyl (C=O) groups excluding carboxylic acids is 1. The summed E-state index contributed by atoms with van der Waals surface area (Å²) in [5, 5.41) is 12.0. The largest absolute Gasteiger partial charge is 0.550 e. The SMILES string of the molecule is O=C([O-])CCC[NH2+][C@H]1CCS(=O)(=O)C1. The van der Waals surface area contributed by atoms with Gasteiger partial charge in [-0.2, -0.15) is 0 Å². The van der Waals surface area contributed by atoms with E-state index >= 15 is 0 Å². The molecule has 0 radical (unpaired) electrons. The highest BCUT2D eigenvalue weighted by Gasteiger charge is 2.29. The molecule has 82 valence electrons. The minimum atomic E-state index is -2.81. The number of hydrogen-bond donors (Lipinski definition) is 1. The number of quaternary nitrogens is 1. The van der Waals surface area contributed by atoms with E-state index in [1.807, 2.05) is 5.32 Å². The third-order valence-corrected chi connectivity index (χ3v) is 4.15. The van der Waals surface area contributed by atoms with Crippen LogP contribution in [0.25, 0.3) is 0 Å².